The van der Waals surface area contributed by atoms with Gasteiger partial charge in [-0.2, -0.15) is 13.2 Å². The zero-order chi connectivity index (χ0) is 20.0. The summed E-state index contributed by atoms with van der Waals surface area (Å²) in [6.45, 7) is -1.37. The minimum Gasteiger partial charge on any atom is -0.468 e. The highest BCUT2D eigenvalue weighted by atomic mass is 32.1. The van der Waals surface area contributed by atoms with Crippen molar-refractivity contribution in [2.45, 2.75) is 32.0 Å². The number of aryl methyl sites for hydroxylation is 1. The van der Waals surface area contributed by atoms with E-state index in [1.807, 2.05) is 24.3 Å². The fourth-order valence-corrected chi connectivity index (χ4v) is 3.56. The summed E-state index contributed by atoms with van der Waals surface area (Å²) in [4.78, 5) is 20.4. The number of benzene rings is 1. The molecule has 0 aliphatic heterocycles. The Labute approximate surface area is 163 Å². The summed E-state index contributed by atoms with van der Waals surface area (Å²) in [5.41, 5.74) is 1.35. The average Bonchev–Trinajstić information content (AvgIpc) is 3.07. The minimum atomic E-state index is -4.45. The lowest BCUT2D eigenvalue weighted by Crippen LogP contribution is -2.24. The number of rotatable bonds is 8. The molecule has 0 aliphatic carbocycles. The predicted molar refractivity (Wildman–Crippen MR) is 100 cm³/mol. The highest BCUT2D eigenvalue weighted by Crippen LogP contribution is 2.23. The van der Waals surface area contributed by atoms with Crippen molar-refractivity contribution >= 4 is 27.5 Å². The van der Waals surface area contributed by atoms with Gasteiger partial charge in [0.2, 0.25) is 11.8 Å². The third-order valence-corrected chi connectivity index (χ3v) is 4.93. The molecule has 3 rings (SSSR count). The van der Waals surface area contributed by atoms with Crippen LogP contribution < -0.4 is 10.1 Å². The van der Waals surface area contributed by atoms with Gasteiger partial charge in [0.15, 0.2) is 6.61 Å². The van der Waals surface area contributed by atoms with Gasteiger partial charge in [0, 0.05) is 24.7 Å². The molecular formula is C19H18F3N3O2S. The molecule has 0 unspecified atom stereocenters. The second kappa shape index (κ2) is 9.01. The van der Waals surface area contributed by atoms with Crippen LogP contribution in [0, 0.1) is 0 Å². The standard InChI is InChI=1S/C19H18F3N3O2S/c20-19(21,22)12-27-18-13(5-4-10-23-18)11-24-16(26)8-3-9-17-25-14-6-1-2-7-15(14)28-17/h1-2,4-7,10H,3,8-9,11-12H2,(H,24,26). The van der Waals surface area contributed by atoms with Crippen LogP contribution in [0.4, 0.5) is 13.2 Å². The Morgan fingerprint density at radius 2 is 2.00 bits per heavy atom. The lowest BCUT2D eigenvalue weighted by atomic mass is 10.2. The average molecular weight is 409 g/mol. The van der Waals surface area contributed by atoms with Gasteiger partial charge in [-0.05, 0) is 31.0 Å². The van der Waals surface area contributed by atoms with Crippen molar-refractivity contribution < 1.29 is 22.7 Å². The maximum absolute atomic E-state index is 12.3. The van der Waals surface area contributed by atoms with E-state index in [1.54, 1.807) is 23.5 Å². The summed E-state index contributed by atoms with van der Waals surface area (Å²) in [6, 6.07) is 11.0. The maximum Gasteiger partial charge on any atom is 0.422 e. The molecule has 3 aromatic rings. The number of para-hydroxylation sites is 1. The van der Waals surface area contributed by atoms with Crippen LogP contribution >= 0.6 is 11.3 Å². The van der Waals surface area contributed by atoms with Crippen molar-refractivity contribution in [2.24, 2.45) is 0 Å². The number of hydrogen-bond acceptors (Lipinski definition) is 5. The van der Waals surface area contributed by atoms with E-state index in [0.717, 1.165) is 15.2 Å². The van der Waals surface area contributed by atoms with E-state index in [1.165, 1.54) is 6.20 Å². The second-order valence-corrected chi connectivity index (χ2v) is 7.19. The van der Waals surface area contributed by atoms with E-state index in [2.05, 4.69) is 15.3 Å². The van der Waals surface area contributed by atoms with E-state index in [-0.39, 0.29) is 18.3 Å². The van der Waals surface area contributed by atoms with Gasteiger partial charge in [-0.1, -0.05) is 18.2 Å². The van der Waals surface area contributed by atoms with Crippen molar-refractivity contribution in [1.29, 1.82) is 0 Å². The number of fused-ring (bicyclic) bond motifs is 1. The third-order valence-electron chi connectivity index (χ3n) is 3.83. The fraction of sp³-hybridized carbons (Fsp3) is 0.316. The summed E-state index contributed by atoms with van der Waals surface area (Å²) in [5.74, 6) is -0.318. The highest BCUT2D eigenvalue weighted by molar-refractivity contribution is 7.18. The van der Waals surface area contributed by atoms with Gasteiger partial charge < -0.3 is 10.1 Å². The summed E-state index contributed by atoms with van der Waals surface area (Å²) in [5, 5.41) is 3.67. The van der Waals surface area contributed by atoms with Crippen molar-refractivity contribution in [2.75, 3.05) is 6.61 Å². The van der Waals surface area contributed by atoms with E-state index >= 15 is 0 Å². The number of alkyl halides is 3. The van der Waals surface area contributed by atoms with Gasteiger partial charge >= 0.3 is 6.18 Å². The molecule has 0 spiro atoms. The van der Waals surface area contributed by atoms with Crippen molar-refractivity contribution in [3.05, 3.63) is 53.2 Å². The number of nitrogens with one attached hydrogen (secondary N) is 1. The Balaban J connectivity index is 1.45. The molecule has 2 aromatic heterocycles. The van der Waals surface area contributed by atoms with Crippen molar-refractivity contribution in [3.8, 4) is 5.88 Å². The van der Waals surface area contributed by atoms with Gasteiger partial charge in [0.05, 0.1) is 15.2 Å². The molecule has 1 aromatic carbocycles. The van der Waals surface area contributed by atoms with Crippen LogP contribution in [0.3, 0.4) is 0 Å². The molecule has 148 valence electrons. The molecule has 0 bridgehead atoms. The molecular weight excluding hydrogens is 391 g/mol. The van der Waals surface area contributed by atoms with Crippen LogP contribution in [0.25, 0.3) is 10.2 Å². The first-order valence-electron chi connectivity index (χ1n) is 8.65. The topological polar surface area (TPSA) is 64.1 Å². The molecule has 28 heavy (non-hydrogen) atoms. The number of carbonyl (C=O) groups is 1. The number of aromatic nitrogens is 2. The number of thiazole rings is 1. The third kappa shape index (κ3) is 5.91. The van der Waals surface area contributed by atoms with Gasteiger partial charge in [-0.3, -0.25) is 4.79 Å². The Morgan fingerprint density at radius 3 is 2.79 bits per heavy atom. The zero-order valence-electron chi connectivity index (χ0n) is 14.8. The normalized spacial score (nSPS) is 11.5. The SMILES string of the molecule is O=C(CCCc1nc2ccccc2s1)NCc1cccnc1OCC(F)(F)F. The number of halogens is 3. The first-order valence-corrected chi connectivity index (χ1v) is 9.47. The first kappa shape index (κ1) is 20.1. The number of pyridine rings is 1. The van der Waals surface area contributed by atoms with Crippen LogP contribution in [0.15, 0.2) is 42.6 Å². The Hall–Kier alpha value is -2.68. The van der Waals surface area contributed by atoms with E-state index in [4.69, 9.17) is 4.74 Å². The van der Waals surface area contributed by atoms with Crippen LogP contribution in [-0.2, 0) is 17.8 Å². The molecule has 0 atom stereocenters. The van der Waals surface area contributed by atoms with E-state index in [9.17, 15) is 18.0 Å². The number of ether oxygens (including phenoxy) is 1. The molecule has 1 N–H and O–H groups in total. The molecule has 5 nitrogen and oxygen atoms in total. The van der Waals surface area contributed by atoms with Crippen LogP contribution in [-0.4, -0.2) is 28.7 Å². The Morgan fingerprint density at radius 1 is 1.18 bits per heavy atom. The molecule has 0 radical (unpaired) electrons. The van der Waals surface area contributed by atoms with E-state index < -0.39 is 12.8 Å². The number of hydrogen-bond donors (Lipinski definition) is 1. The summed E-state index contributed by atoms with van der Waals surface area (Å²) in [6.07, 6.45) is -1.47. The van der Waals surface area contributed by atoms with Crippen LogP contribution in [0.1, 0.15) is 23.4 Å². The number of amides is 1. The summed E-state index contributed by atoms with van der Waals surface area (Å²) < 4.78 is 42.7. The van der Waals surface area contributed by atoms with Crippen molar-refractivity contribution in [3.63, 3.8) is 0 Å². The van der Waals surface area contributed by atoms with Crippen molar-refractivity contribution in [1.82, 2.24) is 15.3 Å². The summed E-state index contributed by atoms with van der Waals surface area (Å²) >= 11 is 1.61. The fourth-order valence-electron chi connectivity index (χ4n) is 2.55. The molecule has 1 amide bonds. The summed E-state index contributed by atoms with van der Waals surface area (Å²) in [7, 11) is 0. The second-order valence-electron chi connectivity index (χ2n) is 6.08. The highest BCUT2D eigenvalue weighted by Gasteiger charge is 2.29. The zero-order valence-corrected chi connectivity index (χ0v) is 15.6. The monoisotopic (exact) mass is 409 g/mol. The molecule has 2 heterocycles. The lowest BCUT2D eigenvalue weighted by Gasteiger charge is -2.12. The minimum absolute atomic E-state index is 0.0565. The van der Waals surface area contributed by atoms with Gasteiger partial charge in [-0.25, -0.2) is 9.97 Å². The maximum atomic E-state index is 12.3. The van der Waals surface area contributed by atoms with Gasteiger partial charge in [-0.15, -0.1) is 11.3 Å². The number of carbonyl (C=O) groups excluding carboxylic acids is 1. The van der Waals surface area contributed by atoms with Crippen LogP contribution in [0.5, 0.6) is 5.88 Å². The Kier molecular flexibility index (Phi) is 6.45. The molecule has 0 aliphatic rings. The predicted octanol–water partition coefficient (Wildman–Crippen LogP) is 4.27. The molecule has 0 saturated heterocycles. The molecule has 9 heteroatoms. The smallest absolute Gasteiger partial charge is 0.422 e. The lowest BCUT2D eigenvalue weighted by molar-refractivity contribution is -0.154. The molecule has 0 fully saturated rings. The van der Waals surface area contributed by atoms with Crippen LogP contribution in [0.2, 0.25) is 0 Å². The van der Waals surface area contributed by atoms with E-state index in [0.29, 0.717) is 24.8 Å². The number of nitrogens with zero attached hydrogens (tertiary/aromatic N) is 2. The van der Waals surface area contributed by atoms with Gasteiger partial charge in [0.1, 0.15) is 0 Å². The Bertz CT molecular complexity index is 910. The molecule has 0 saturated carbocycles. The first-order chi connectivity index (χ1) is 13.4. The largest absolute Gasteiger partial charge is 0.468 e. The van der Waals surface area contributed by atoms with Gasteiger partial charge in [0.25, 0.3) is 0 Å². The quantitative estimate of drug-likeness (QED) is 0.604.